The number of aromatic nitrogens is 1. The van der Waals surface area contributed by atoms with E-state index in [9.17, 15) is 0 Å². The Kier molecular flexibility index (Phi) is 2.08. The molecule has 0 spiro atoms. The lowest BCUT2D eigenvalue weighted by Gasteiger charge is -2.21. The molecule has 0 amide bonds. The summed E-state index contributed by atoms with van der Waals surface area (Å²) in [7, 11) is 2.19. The van der Waals surface area contributed by atoms with E-state index in [4.69, 9.17) is 0 Å². The summed E-state index contributed by atoms with van der Waals surface area (Å²) >= 11 is 0. The van der Waals surface area contributed by atoms with E-state index in [0.29, 0.717) is 6.04 Å². The lowest BCUT2D eigenvalue weighted by atomic mass is 9.99. The molecular weight excluding hydrogens is 196 g/mol. The first-order valence-corrected chi connectivity index (χ1v) is 5.97. The van der Waals surface area contributed by atoms with Crippen LogP contribution in [-0.4, -0.2) is 10.6 Å². The Bertz CT molecular complexity index is 551. The highest BCUT2D eigenvalue weighted by Gasteiger charge is 2.21. The molecule has 0 aliphatic carbocycles. The third-order valence-electron chi connectivity index (χ3n) is 3.78. The molecule has 2 nitrogen and oxygen atoms in total. The van der Waals surface area contributed by atoms with E-state index in [1.807, 2.05) is 0 Å². The summed E-state index contributed by atoms with van der Waals surface area (Å²) in [6, 6.07) is 7.23. The molecule has 1 N–H and O–H groups in total. The molecule has 0 fully saturated rings. The first kappa shape index (κ1) is 9.91. The van der Waals surface area contributed by atoms with E-state index in [-0.39, 0.29) is 0 Å². The van der Waals surface area contributed by atoms with Crippen LogP contribution in [0.4, 0.5) is 0 Å². The van der Waals surface area contributed by atoms with Crippen LogP contribution >= 0.6 is 0 Å². The second-order valence-corrected chi connectivity index (χ2v) is 4.94. The van der Waals surface area contributed by atoms with Crippen molar-refractivity contribution in [2.75, 3.05) is 0 Å². The normalized spacial score (nSPS) is 20.1. The summed E-state index contributed by atoms with van der Waals surface area (Å²) in [5.74, 6) is 0. The monoisotopic (exact) mass is 214 g/mol. The third-order valence-corrected chi connectivity index (χ3v) is 3.78. The van der Waals surface area contributed by atoms with Crippen LogP contribution in [0.5, 0.6) is 0 Å². The predicted molar refractivity (Wildman–Crippen MR) is 67.7 cm³/mol. The van der Waals surface area contributed by atoms with Gasteiger partial charge in [-0.1, -0.05) is 18.2 Å². The Hall–Kier alpha value is -1.28. The summed E-state index contributed by atoms with van der Waals surface area (Å²) in [4.78, 5) is 0. The van der Waals surface area contributed by atoms with Crippen molar-refractivity contribution in [3.63, 3.8) is 0 Å². The topological polar surface area (TPSA) is 17.0 Å². The maximum Gasteiger partial charge on any atom is 0.0512 e. The predicted octanol–water partition coefficient (Wildman–Crippen LogP) is 2.52. The van der Waals surface area contributed by atoms with Crippen molar-refractivity contribution >= 4 is 10.9 Å². The molecule has 1 atom stereocenters. The fourth-order valence-corrected chi connectivity index (χ4v) is 2.94. The van der Waals surface area contributed by atoms with E-state index < -0.39 is 0 Å². The Morgan fingerprint density at radius 1 is 1.38 bits per heavy atom. The molecule has 1 aliphatic heterocycles. The zero-order valence-electron chi connectivity index (χ0n) is 10.2. The van der Waals surface area contributed by atoms with E-state index in [0.717, 1.165) is 13.0 Å². The SMILES string of the molecule is Cc1cccc2c3c(n(C)c12)CNC(C)C3. The molecule has 0 saturated heterocycles. The molecule has 2 aromatic rings. The van der Waals surface area contributed by atoms with Crippen molar-refractivity contribution in [2.45, 2.75) is 32.9 Å². The van der Waals surface area contributed by atoms with Crippen LogP contribution in [0.25, 0.3) is 10.9 Å². The average Bonchev–Trinajstić information content (AvgIpc) is 2.54. The van der Waals surface area contributed by atoms with Crippen molar-refractivity contribution in [3.05, 3.63) is 35.0 Å². The second kappa shape index (κ2) is 3.36. The molecule has 84 valence electrons. The van der Waals surface area contributed by atoms with Crippen LogP contribution in [0.2, 0.25) is 0 Å². The van der Waals surface area contributed by atoms with E-state index in [1.165, 1.54) is 22.2 Å². The maximum absolute atomic E-state index is 3.54. The molecule has 2 heterocycles. The van der Waals surface area contributed by atoms with Crippen molar-refractivity contribution < 1.29 is 0 Å². The maximum atomic E-state index is 3.54. The lowest BCUT2D eigenvalue weighted by molar-refractivity contribution is 0.500. The van der Waals surface area contributed by atoms with Crippen LogP contribution in [-0.2, 0) is 20.0 Å². The van der Waals surface area contributed by atoms with Crippen molar-refractivity contribution in [1.29, 1.82) is 0 Å². The van der Waals surface area contributed by atoms with Gasteiger partial charge in [0.25, 0.3) is 0 Å². The Balaban J connectivity index is 2.36. The molecule has 1 aromatic heterocycles. The van der Waals surface area contributed by atoms with Gasteiger partial charge in [0, 0.05) is 30.7 Å². The number of nitrogens with one attached hydrogen (secondary N) is 1. The number of hydrogen-bond acceptors (Lipinski definition) is 1. The molecule has 1 unspecified atom stereocenters. The van der Waals surface area contributed by atoms with Gasteiger partial charge in [-0.05, 0) is 31.4 Å². The van der Waals surface area contributed by atoms with Crippen LogP contribution in [0.3, 0.4) is 0 Å². The van der Waals surface area contributed by atoms with Crippen molar-refractivity contribution in [2.24, 2.45) is 7.05 Å². The van der Waals surface area contributed by atoms with Gasteiger partial charge >= 0.3 is 0 Å². The van der Waals surface area contributed by atoms with Gasteiger partial charge in [-0.3, -0.25) is 0 Å². The summed E-state index contributed by atoms with van der Waals surface area (Å²) in [5, 5.41) is 4.99. The molecular formula is C14H18N2. The minimum atomic E-state index is 0.596. The number of benzene rings is 1. The summed E-state index contributed by atoms with van der Waals surface area (Å²) in [6.07, 6.45) is 1.15. The molecule has 1 aliphatic rings. The highest BCUT2D eigenvalue weighted by Crippen LogP contribution is 2.30. The van der Waals surface area contributed by atoms with Crippen LogP contribution in [0.1, 0.15) is 23.7 Å². The third kappa shape index (κ3) is 1.23. The van der Waals surface area contributed by atoms with Gasteiger partial charge < -0.3 is 9.88 Å². The Morgan fingerprint density at radius 2 is 2.19 bits per heavy atom. The van der Waals surface area contributed by atoms with Gasteiger partial charge in [0.2, 0.25) is 0 Å². The molecule has 2 heteroatoms. The lowest BCUT2D eigenvalue weighted by Crippen LogP contribution is -2.33. The molecule has 3 rings (SSSR count). The van der Waals surface area contributed by atoms with Gasteiger partial charge in [0.1, 0.15) is 0 Å². The van der Waals surface area contributed by atoms with Crippen molar-refractivity contribution in [3.8, 4) is 0 Å². The minimum Gasteiger partial charge on any atom is -0.346 e. The number of rotatable bonds is 0. The molecule has 0 bridgehead atoms. The number of hydrogen-bond donors (Lipinski definition) is 1. The number of aryl methyl sites for hydroxylation is 2. The van der Waals surface area contributed by atoms with Gasteiger partial charge in [0.15, 0.2) is 0 Å². The average molecular weight is 214 g/mol. The van der Waals surface area contributed by atoms with Crippen molar-refractivity contribution in [1.82, 2.24) is 9.88 Å². The number of fused-ring (bicyclic) bond motifs is 3. The summed E-state index contributed by atoms with van der Waals surface area (Å²) in [6.45, 7) is 5.46. The molecule has 0 saturated carbocycles. The molecule has 1 aromatic carbocycles. The number of para-hydroxylation sites is 1. The molecule has 16 heavy (non-hydrogen) atoms. The highest BCUT2D eigenvalue weighted by atomic mass is 15.0. The van der Waals surface area contributed by atoms with Crippen LogP contribution < -0.4 is 5.32 Å². The minimum absolute atomic E-state index is 0.596. The second-order valence-electron chi connectivity index (χ2n) is 4.94. The molecule has 0 radical (unpaired) electrons. The summed E-state index contributed by atoms with van der Waals surface area (Å²) in [5.41, 5.74) is 5.79. The first-order chi connectivity index (χ1) is 7.68. The highest BCUT2D eigenvalue weighted by molar-refractivity contribution is 5.88. The van der Waals surface area contributed by atoms with E-state index in [2.05, 4.69) is 49.0 Å². The van der Waals surface area contributed by atoms with Gasteiger partial charge in [-0.15, -0.1) is 0 Å². The fraction of sp³-hybridized carbons (Fsp3) is 0.429. The van der Waals surface area contributed by atoms with Crippen LogP contribution in [0.15, 0.2) is 18.2 Å². The Labute approximate surface area is 96.3 Å². The Morgan fingerprint density at radius 3 is 3.00 bits per heavy atom. The number of nitrogens with zero attached hydrogens (tertiary/aromatic N) is 1. The fourth-order valence-electron chi connectivity index (χ4n) is 2.94. The van der Waals surface area contributed by atoms with Gasteiger partial charge in [0.05, 0.1) is 5.52 Å². The largest absolute Gasteiger partial charge is 0.346 e. The van der Waals surface area contributed by atoms with Gasteiger partial charge in [-0.25, -0.2) is 0 Å². The zero-order chi connectivity index (χ0) is 11.3. The quantitative estimate of drug-likeness (QED) is 0.713. The zero-order valence-corrected chi connectivity index (χ0v) is 10.2. The van der Waals surface area contributed by atoms with Gasteiger partial charge in [-0.2, -0.15) is 0 Å². The standard InChI is InChI=1S/C14H18N2/c1-9-5-4-6-11-12-7-10(2)15-8-13(12)16(3)14(9)11/h4-6,10,15H,7-8H2,1-3H3. The first-order valence-electron chi connectivity index (χ1n) is 5.97. The van der Waals surface area contributed by atoms with Crippen LogP contribution in [0, 0.1) is 6.92 Å². The van der Waals surface area contributed by atoms with E-state index >= 15 is 0 Å². The smallest absolute Gasteiger partial charge is 0.0512 e. The van der Waals surface area contributed by atoms with E-state index in [1.54, 1.807) is 5.56 Å². The summed E-state index contributed by atoms with van der Waals surface area (Å²) < 4.78 is 2.36.